The number of methoxy groups -OCH3 is 2. The fourth-order valence-corrected chi connectivity index (χ4v) is 13.1. The van der Waals surface area contributed by atoms with Crippen molar-refractivity contribution in [3.05, 3.63) is 35.9 Å². The number of carbonyl (C=O) groups excluding carboxylic acids is 1. The van der Waals surface area contributed by atoms with E-state index in [1.807, 2.05) is 18.2 Å². The van der Waals surface area contributed by atoms with Gasteiger partial charge in [-0.05, 0) is 135 Å². The molecule has 0 spiro atoms. The summed E-state index contributed by atoms with van der Waals surface area (Å²) >= 11 is 0. The highest BCUT2D eigenvalue weighted by molar-refractivity contribution is 5.76. The number of esters is 1. The Hall–Kier alpha value is -2.50. The first-order valence-electron chi connectivity index (χ1n) is 17.9. The topological polar surface area (TPSA) is 82.1 Å². The van der Waals surface area contributed by atoms with E-state index in [4.69, 9.17) is 14.2 Å². The van der Waals surface area contributed by atoms with E-state index < -0.39 is 11.4 Å². The van der Waals surface area contributed by atoms with Crippen molar-refractivity contribution in [3.8, 4) is 11.5 Å². The molecule has 4 unspecified atom stereocenters. The summed E-state index contributed by atoms with van der Waals surface area (Å²) in [7, 11) is 3.24. The van der Waals surface area contributed by atoms with Gasteiger partial charge in [0.25, 0.3) is 0 Å². The van der Waals surface area contributed by atoms with Crippen LogP contribution < -0.4 is 9.47 Å². The maximum atomic E-state index is 13.4. The second-order valence-corrected chi connectivity index (χ2v) is 17.3. The van der Waals surface area contributed by atoms with Gasteiger partial charge < -0.3 is 19.3 Å². The molecule has 1 aromatic carbocycles. The zero-order valence-corrected chi connectivity index (χ0v) is 29.7. The molecular formula is C40H58O6. The van der Waals surface area contributed by atoms with Crippen LogP contribution in [0, 0.1) is 56.7 Å². The molecule has 1 aromatic rings. The molecule has 6 nitrogen and oxygen atoms in total. The zero-order valence-electron chi connectivity index (χ0n) is 29.7. The molecule has 6 rings (SSSR count). The van der Waals surface area contributed by atoms with Gasteiger partial charge in [-0.1, -0.05) is 46.8 Å². The quantitative estimate of drug-likeness (QED) is 0.238. The first-order valence-corrected chi connectivity index (χ1v) is 17.9. The Balaban J connectivity index is 1.24. The van der Waals surface area contributed by atoms with Crippen LogP contribution in [0.2, 0.25) is 0 Å². The third kappa shape index (κ3) is 4.61. The number of hydrogen-bond donors (Lipinski definition) is 1. The van der Waals surface area contributed by atoms with Gasteiger partial charge >= 0.3 is 11.9 Å². The second kappa shape index (κ2) is 11.3. The van der Waals surface area contributed by atoms with Crippen LogP contribution in [-0.4, -0.2) is 37.4 Å². The molecule has 5 saturated carbocycles. The molecule has 10 atom stereocenters. The minimum Gasteiger partial charge on any atom is -0.497 e. The molecule has 5 aliphatic carbocycles. The third-order valence-corrected chi connectivity index (χ3v) is 15.5. The lowest BCUT2D eigenvalue weighted by Crippen LogP contribution is -2.67. The molecule has 5 aliphatic rings. The summed E-state index contributed by atoms with van der Waals surface area (Å²) < 4.78 is 17.3. The Bertz CT molecular complexity index is 1400. The average Bonchev–Trinajstić information content (AvgIpc) is 3.40. The van der Waals surface area contributed by atoms with Crippen LogP contribution in [0.5, 0.6) is 11.5 Å². The van der Waals surface area contributed by atoms with Crippen molar-refractivity contribution in [1.82, 2.24) is 0 Å². The monoisotopic (exact) mass is 634 g/mol. The van der Waals surface area contributed by atoms with E-state index in [-0.39, 0.29) is 46.1 Å². The van der Waals surface area contributed by atoms with Gasteiger partial charge in [0, 0.05) is 11.0 Å². The van der Waals surface area contributed by atoms with Gasteiger partial charge in [0.2, 0.25) is 0 Å². The van der Waals surface area contributed by atoms with E-state index in [0.29, 0.717) is 35.2 Å². The summed E-state index contributed by atoms with van der Waals surface area (Å²) in [4.78, 5) is 26.4. The summed E-state index contributed by atoms with van der Waals surface area (Å²) in [5, 5.41) is 10.7. The predicted octanol–water partition coefficient (Wildman–Crippen LogP) is 8.90. The zero-order chi connectivity index (χ0) is 33.4. The van der Waals surface area contributed by atoms with Gasteiger partial charge in [0.1, 0.15) is 17.6 Å². The SMILES string of the molecule is C=C(C)[C@@H]1CC[C@]2(C(=O)O)CC[C@]3(C)C(CCC4[C@@]5(C)CC[C@H](OC(=O)Cc6cc(OC)ccc6OC)C(C)(C)C5CC[C@]43C)C12. The first-order chi connectivity index (χ1) is 21.6. The van der Waals surface area contributed by atoms with E-state index in [1.165, 1.54) is 5.57 Å². The van der Waals surface area contributed by atoms with Crippen molar-refractivity contribution in [2.45, 2.75) is 118 Å². The van der Waals surface area contributed by atoms with Crippen molar-refractivity contribution in [3.63, 3.8) is 0 Å². The van der Waals surface area contributed by atoms with Crippen molar-refractivity contribution in [1.29, 1.82) is 0 Å². The molecule has 1 N–H and O–H groups in total. The fraction of sp³-hybridized carbons (Fsp3) is 0.750. The lowest BCUT2D eigenvalue weighted by molar-refractivity contribution is -0.250. The number of allylic oxidation sites excluding steroid dienone is 1. The van der Waals surface area contributed by atoms with Gasteiger partial charge in [-0.25, -0.2) is 0 Å². The minimum atomic E-state index is -0.586. The summed E-state index contributed by atoms with van der Waals surface area (Å²) in [5.41, 5.74) is 1.62. The van der Waals surface area contributed by atoms with E-state index in [1.54, 1.807) is 14.2 Å². The van der Waals surface area contributed by atoms with Crippen LogP contribution in [0.25, 0.3) is 0 Å². The number of carboxylic acid groups (broad SMARTS) is 1. The molecule has 0 radical (unpaired) electrons. The Morgan fingerprint density at radius 2 is 1.61 bits per heavy atom. The van der Waals surface area contributed by atoms with Crippen molar-refractivity contribution < 1.29 is 28.9 Å². The Morgan fingerprint density at radius 3 is 2.26 bits per heavy atom. The molecular weight excluding hydrogens is 576 g/mol. The van der Waals surface area contributed by atoms with Crippen LogP contribution in [0.15, 0.2) is 30.4 Å². The van der Waals surface area contributed by atoms with Gasteiger partial charge in [0.05, 0.1) is 26.1 Å². The highest BCUT2D eigenvalue weighted by atomic mass is 16.5. The first kappa shape index (κ1) is 33.4. The number of rotatable bonds is 7. The van der Waals surface area contributed by atoms with Gasteiger partial charge in [0.15, 0.2) is 0 Å². The Morgan fingerprint density at radius 1 is 0.870 bits per heavy atom. The molecule has 254 valence electrons. The number of carbonyl (C=O) groups is 2. The van der Waals surface area contributed by atoms with E-state index in [2.05, 4.69) is 48.1 Å². The largest absolute Gasteiger partial charge is 0.497 e. The van der Waals surface area contributed by atoms with Crippen molar-refractivity contribution in [2.75, 3.05) is 14.2 Å². The van der Waals surface area contributed by atoms with E-state index in [9.17, 15) is 14.7 Å². The lowest BCUT2D eigenvalue weighted by atomic mass is 9.32. The molecule has 0 amide bonds. The standard InChI is InChI=1S/C40H58O6/c1-24(2)27-14-19-40(35(42)43)21-20-38(6)28(34(27)40)11-13-31-37(5)17-16-32(36(3,4)30(37)15-18-39(31,38)7)46-33(41)23-25-22-26(44-8)10-12-29(25)45-9/h10,12,22,27-28,30-32,34H,1,11,13-21,23H2,2-9H3,(H,42,43)/t27-,28?,30?,31?,32-,34?,37-,38+,39+,40-/m0/s1. The number of hydrogen-bond acceptors (Lipinski definition) is 5. The van der Waals surface area contributed by atoms with Gasteiger partial charge in [-0.15, -0.1) is 0 Å². The molecule has 0 heterocycles. The molecule has 0 bridgehead atoms. The summed E-state index contributed by atoms with van der Waals surface area (Å²) in [6.07, 6.45) is 10.1. The minimum absolute atomic E-state index is 0.106. The van der Waals surface area contributed by atoms with Crippen LogP contribution in [0.1, 0.15) is 111 Å². The van der Waals surface area contributed by atoms with Crippen molar-refractivity contribution in [2.24, 2.45) is 56.7 Å². The molecule has 0 saturated heterocycles. The van der Waals surface area contributed by atoms with Gasteiger partial charge in [-0.3, -0.25) is 9.59 Å². The highest BCUT2D eigenvalue weighted by Gasteiger charge is 2.72. The molecule has 0 aliphatic heterocycles. The van der Waals surface area contributed by atoms with Gasteiger partial charge in [-0.2, -0.15) is 0 Å². The fourth-order valence-electron chi connectivity index (χ4n) is 13.1. The Labute approximate surface area is 277 Å². The maximum Gasteiger partial charge on any atom is 0.310 e. The number of carboxylic acids is 1. The van der Waals surface area contributed by atoms with Crippen LogP contribution in [-0.2, 0) is 20.7 Å². The van der Waals surface area contributed by atoms with Crippen LogP contribution >= 0.6 is 0 Å². The lowest BCUT2D eigenvalue weighted by Gasteiger charge is -2.72. The summed E-state index contributed by atoms with van der Waals surface area (Å²) in [6.45, 7) is 18.9. The van der Waals surface area contributed by atoms with E-state index >= 15 is 0 Å². The highest BCUT2D eigenvalue weighted by Crippen LogP contribution is 2.77. The smallest absolute Gasteiger partial charge is 0.310 e. The average molecular weight is 635 g/mol. The summed E-state index contributed by atoms with van der Waals surface area (Å²) in [5.74, 6) is 2.53. The number of aliphatic carboxylic acids is 1. The summed E-state index contributed by atoms with van der Waals surface area (Å²) in [6, 6.07) is 5.54. The van der Waals surface area contributed by atoms with E-state index in [0.717, 1.165) is 69.8 Å². The molecule has 6 heteroatoms. The second-order valence-electron chi connectivity index (χ2n) is 17.3. The normalized spacial score (nSPS) is 42.4. The number of benzene rings is 1. The molecule has 5 fully saturated rings. The van der Waals surface area contributed by atoms with Crippen molar-refractivity contribution >= 4 is 11.9 Å². The third-order valence-electron chi connectivity index (χ3n) is 15.5. The number of ether oxygens (including phenoxy) is 3. The van der Waals surface area contributed by atoms with Crippen LogP contribution in [0.4, 0.5) is 0 Å². The predicted molar refractivity (Wildman–Crippen MR) is 180 cm³/mol. The molecule has 46 heavy (non-hydrogen) atoms. The van der Waals surface area contributed by atoms with Crippen LogP contribution in [0.3, 0.4) is 0 Å². The maximum absolute atomic E-state index is 13.4. The molecule has 0 aromatic heterocycles. The number of fused-ring (bicyclic) bond motifs is 7. The Kier molecular flexibility index (Phi) is 8.20.